The molecule has 1 aromatic carbocycles. The van der Waals surface area contributed by atoms with Crippen molar-refractivity contribution in [2.75, 3.05) is 18.9 Å². The molecule has 0 fully saturated rings. The Balaban J connectivity index is 2.22. The van der Waals surface area contributed by atoms with Gasteiger partial charge in [0, 0.05) is 30.2 Å². The van der Waals surface area contributed by atoms with Crippen molar-refractivity contribution in [3.05, 3.63) is 30.1 Å². The first-order valence-electron chi connectivity index (χ1n) is 6.69. The molecule has 1 amide bonds. The first-order valence-corrected chi connectivity index (χ1v) is 7.67. The zero-order valence-corrected chi connectivity index (χ0v) is 12.8. The number of hydrogen-bond donors (Lipinski definition) is 2. The standard InChI is InChI=1S/C15H22FNO2S/c1-15(2,8-9-18)11-17-14(19)7-10-20-13-5-3-12(16)4-6-13/h3-6,18H,7-11H2,1-2H3,(H,17,19). The Morgan fingerprint density at radius 2 is 2.00 bits per heavy atom. The number of amides is 1. The molecule has 0 heterocycles. The minimum atomic E-state index is -0.252. The van der Waals surface area contributed by atoms with Gasteiger partial charge in [-0.15, -0.1) is 11.8 Å². The van der Waals surface area contributed by atoms with Crippen LogP contribution < -0.4 is 5.32 Å². The third kappa shape index (κ3) is 6.91. The molecular weight excluding hydrogens is 277 g/mol. The van der Waals surface area contributed by atoms with Crippen molar-refractivity contribution in [1.82, 2.24) is 5.32 Å². The molecule has 0 saturated carbocycles. The van der Waals surface area contributed by atoms with Crippen LogP contribution in [-0.2, 0) is 4.79 Å². The third-order valence-corrected chi connectivity index (χ3v) is 3.98. The Labute approximate surface area is 124 Å². The Bertz CT molecular complexity index is 420. The number of aliphatic hydroxyl groups is 1. The summed E-state index contributed by atoms with van der Waals surface area (Å²) in [7, 11) is 0. The number of hydrogen-bond acceptors (Lipinski definition) is 3. The lowest BCUT2D eigenvalue weighted by Gasteiger charge is -2.23. The maximum Gasteiger partial charge on any atom is 0.220 e. The summed E-state index contributed by atoms with van der Waals surface area (Å²) in [6.45, 7) is 4.71. The van der Waals surface area contributed by atoms with Gasteiger partial charge in [-0.3, -0.25) is 4.79 Å². The van der Waals surface area contributed by atoms with Crippen LogP contribution in [0.2, 0.25) is 0 Å². The normalized spacial score (nSPS) is 11.4. The monoisotopic (exact) mass is 299 g/mol. The van der Waals surface area contributed by atoms with Crippen LogP contribution in [-0.4, -0.2) is 29.9 Å². The van der Waals surface area contributed by atoms with Gasteiger partial charge < -0.3 is 10.4 Å². The fourth-order valence-corrected chi connectivity index (χ4v) is 2.46. The molecule has 2 N–H and O–H groups in total. The van der Waals surface area contributed by atoms with Gasteiger partial charge in [0.05, 0.1) is 0 Å². The van der Waals surface area contributed by atoms with E-state index in [1.165, 1.54) is 23.9 Å². The molecule has 5 heteroatoms. The molecule has 0 atom stereocenters. The molecule has 0 aromatic heterocycles. The molecule has 1 rings (SSSR count). The minimum Gasteiger partial charge on any atom is -0.396 e. The van der Waals surface area contributed by atoms with Crippen LogP contribution in [0.3, 0.4) is 0 Å². The molecule has 0 aliphatic carbocycles. The van der Waals surface area contributed by atoms with E-state index in [9.17, 15) is 9.18 Å². The summed E-state index contributed by atoms with van der Waals surface area (Å²) < 4.78 is 12.7. The largest absolute Gasteiger partial charge is 0.396 e. The second kappa shape index (κ2) is 8.27. The summed E-state index contributed by atoms with van der Waals surface area (Å²) in [4.78, 5) is 12.6. The van der Waals surface area contributed by atoms with Crippen LogP contribution in [0, 0.1) is 11.2 Å². The number of benzene rings is 1. The van der Waals surface area contributed by atoms with E-state index in [1.807, 2.05) is 13.8 Å². The molecule has 3 nitrogen and oxygen atoms in total. The number of rotatable bonds is 8. The molecule has 112 valence electrons. The summed E-state index contributed by atoms with van der Waals surface area (Å²) in [6, 6.07) is 6.25. The second-order valence-electron chi connectivity index (χ2n) is 5.47. The molecule has 0 aliphatic heterocycles. The first kappa shape index (κ1) is 17.0. The lowest BCUT2D eigenvalue weighted by atomic mass is 9.90. The van der Waals surface area contributed by atoms with Crippen molar-refractivity contribution < 1.29 is 14.3 Å². The van der Waals surface area contributed by atoms with E-state index in [0.717, 1.165) is 4.90 Å². The number of aliphatic hydroxyl groups excluding tert-OH is 1. The molecule has 0 radical (unpaired) electrons. The maximum absolute atomic E-state index is 12.7. The van der Waals surface area contributed by atoms with Crippen molar-refractivity contribution in [1.29, 1.82) is 0 Å². The van der Waals surface area contributed by atoms with E-state index in [1.54, 1.807) is 12.1 Å². The minimum absolute atomic E-state index is 0.00521. The fourth-order valence-electron chi connectivity index (χ4n) is 1.61. The van der Waals surface area contributed by atoms with Crippen molar-refractivity contribution in [2.24, 2.45) is 5.41 Å². The van der Waals surface area contributed by atoms with Gasteiger partial charge in [0.25, 0.3) is 0 Å². The molecule has 20 heavy (non-hydrogen) atoms. The topological polar surface area (TPSA) is 49.3 Å². The lowest BCUT2D eigenvalue weighted by Crippen LogP contribution is -2.34. The smallest absolute Gasteiger partial charge is 0.220 e. The van der Waals surface area contributed by atoms with Crippen LogP contribution >= 0.6 is 11.8 Å². The number of nitrogens with one attached hydrogen (secondary N) is 1. The van der Waals surface area contributed by atoms with Crippen molar-refractivity contribution in [3.8, 4) is 0 Å². The highest BCUT2D eigenvalue weighted by atomic mass is 32.2. The molecule has 0 bridgehead atoms. The SMILES string of the molecule is CC(C)(CCO)CNC(=O)CCSc1ccc(F)cc1. The molecule has 1 aromatic rings. The summed E-state index contributed by atoms with van der Waals surface area (Å²) in [5.74, 6) is 0.418. The third-order valence-electron chi connectivity index (χ3n) is 2.96. The number of carbonyl (C=O) groups excluding carboxylic acids is 1. The Hall–Kier alpha value is -1.07. The maximum atomic E-state index is 12.7. The van der Waals surface area contributed by atoms with E-state index in [4.69, 9.17) is 5.11 Å². The summed E-state index contributed by atoms with van der Waals surface area (Å²) in [5, 5.41) is 11.8. The number of halogens is 1. The molecular formula is C15H22FNO2S. The van der Waals surface area contributed by atoms with Crippen LogP contribution in [0.5, 0.6) is 0 Å². The summed E-state index contributed by atoms with van der Waals surface area (Å²) in [5.41, 5.74) is -0.0888. The number of carbonyl (C=O) groups is 1. The van der Waals surface area contributed by atoms with Gasteiger partial charge in [-0.1, -0.05) is 13.8 Å². The van der Waals surface area contributed by atoms with Crippen LogP contribution in [0.15, 0.2) is 29.2 Å². The van der Waals surface area contributed by atoms with Crippen molar-refractivity contribution in [2.45, 2.75) is 31.6 Å². The predicted octanol–water partition coefficient (Wildman–Crippen LogP) is 2.83. The average molecular weight is 299 g/mol. The van der Waals surface area contributed by atoms with Gasteiger partial charge in [-0.2, -0.15) is 0 Å². The zero-order chi connectivity index (χ0) is 15.0. The first-order chi connectivity index (χ1) is 9.43. The van der Waals surface area contributed by atoms with E-state index < -0.39 is 0 Å². The van der Waals surface area contributed by atoms with E-state index in [2.05, 4.69) is 5.32 Å². The molecule has 0 spiro atoms. The van der Waals surface area contributed by atoms with Crippen LogP contribution in [0.25, 0.3) is 0 Å². The Kier molecular flexibility index (Phi) is 7.02. The predicted molar refractivity (Wildman–Crippen MR) is 80.2 cm³/mol. The van der Waals surface area contributed by atoms with Gasteiger partial charge in [-0.05, 0) is 36.1 Å². The zero-order valence-electron chi connectivity index (χ0n) is 12.0. The Morgan fingerprint density at radius 3 is 2.60 bits per heavy atom. The molecule has 0 aliphatic rings. The fraction of sp³-hybridized carbons (Fsp3) is 0.533. The highest BCUT2D eigenvalue weighted by molar-refractivity contribution is 7.99. The van der Waals surface area contributed by atoms with Crippen molar-refractivity contribution in [3.63, 3.8) is 0 Å². The van der Waals surface area contributed by atoms with Gasteiger partial charge in [0.1, 0.15) is 5.82 Å². The average Bonchev–Trinajstić information content (AvgIpc) is 2.39. The van der Waals surface area contributed by atoms with E-state index >= 15 is 0 Å². The highest BCUT2D eigenvalue weighted by Crippen LogP contribution is 2.20. The number of thioether (sulfide) groups is 1. The van der Waals surface area contributed by atoms with E-state index in [0.29, 0.717) is 25.1 Å². The van der Waals surface area contributed by atoms with Crippen molar-refractivity contribution >= 4 is 17.7 Å². The summed E-state index contributed by atoms with van der Waals surface area (Å²) in [6.07, 6.45) is 1.09. The quantitative estimate of drug-likeness (QED) is 0.726. The molecule has 0 saturated heterocycles. The second-order valence-corrected chi connectivity index (χ2v) is 6.64. The van der Waals surface area contributed by atoms with E-state index in [-0.39, 0.29) is 23.7 Å². The van der Waals surface area contributed by atoms with Gasteiger partial charge >= 0.3 is 0 Å². The Morgan fingerprint density at radius 1 is 1.35 bits per heavy atom. The lowest BCUT2D eigenvalue weighted by molar-refractivity contribution is -0.121. The van der Waals surface area contributed by atoms with Gasteiger partial charge in [-0.25, -0.2) is 4.39 Å². The van der Waals surface area contributed by atoms with Crippen LogP contribution in [0.1, 0.15) is 26.7 Å². The summed E-state index contributed by atoms with van der Waals surface area (Å²) >= 11 is 1.53. The highest BCUT2D eigenvalue weighted by Gasteiger charge is 2.17. The van der Waals surface area contributed by atoms with Crippen LogP contribution in [0.4, 0.5) is 4.39 Å². The molecule has 0 unspecified atom stereocenters. The van der Waals surface area contributed by atoms with Gasteiger partial charge in [0.2, 0.25) is 5.91 Å². The van der Waals surface area contributed by atoms with Gasteiger partial charge in [0.15, 0.2) is 0 Å².